The number of benzene rings is 4. The second-order valence-corrected chi connectivity index (χ2v) is 4.29. The standard InChI is InChI=1S/C16H10.FH/c1-3-11-7-9-13-5-2-6-14-10-8-12(4-1)15(11)16(13)14;/h1-10H;1H. The van der Waals surface area contributed by atoms with Crippen molar-refractivity contribution in [1.82, 2.24) is 0 Å². The molecule has 0 atom stereocenters. The summed E-state index contributed by atoms with van der Waals surface area (Å²) in [5.74, 6) is 0. The molecule has 4 aromatic carbocycles. The van der Waals surface area contributed by atoms with Gasteiger partial charge in [0.1, 0.15) is 0 Å². The van der Waals surface area contributed by atoms with E-state index in [2.05, 4.69) is 60.7 Å². The molecule has 0 amide bonds. The Balaban J connectivity index is 0.000000902. The second-order valence-electron chi connectivity index (χ2n) is 4.29. The lowest BCUT2D eigenvalue weighted by Gasteiger charge is -2.09. The zero-order valence-electron chi connectivity index (χ0n) is 9.18. The molecule has 0 heterocycles. The Morgan fingerprint density at radius 1 is 0.412 bits per heavy atom. The molecular formula is C16H11F. The largest absolute Gasteiger partial charge is 0.269 e. The van der Waals surface area contributed by atoms with E-state index in [1.807, 2.05) is 0 Å². The molecular weight excluding hydrogens is 211 g/mol. The smallest absolute Gasteiger partial charge is 0.00268 e. The van der Waals surface area contributed by atoms with E-state index in [0.29, 0.717) is 0 Å². The van der Waals surface area contributed by atoms with Crippen LogP contribution in [0, 0.1) is 0 Å². The van der Waals surface area contributed by atoms with Crippen molar-refractivity contribution >= 4 is 32.3 Å². The fourth-order valence-corrected chi connectivity index (χ4v) is 2.67. The molecule has 0 fully saturated rings. The number of hydrogen-bond acceptors (Lipinski definition) is 0. The summed E-state index contributed by atoms with van der Waals surface area (Å²) in [6, 6.07) is 21.9. The lowest BCUT2D eigenvalue weighted by molar-refractivity contribution is 1.11. The minimum absolute atomic E-state index is 0. The SMILES string of the molecule is F.c1cc2ccc3cccc4ccc(c1)c2c34. The highest BCUT2D eigenvalue weighted by Gasteiger charge is 2.05. The van der Waals surface area contributed by atoms with Gasteiger partial charge in [-0.2, -0.15) is 0 Å². The first-order valence-electron chi connectivity index (χ1n) is 5.56. The van der Waals surface area contributed by atoms with E-state index in [1.165, 1.54) is 32.3 Å². The highest BCUT2D eigenvalue weighted by atomic mass is 19.0. The molecule has 17 heavy (non-hydrogen) atoms. The van der Waals surface area contributed by atoms with Crippen LogP contribution in [0.4, 0.5) is 4.70 Å². The Labute approximate surface area is 98.2 Å². The first kappa shape index (κ1) is 10.0. The van der Waals surface area contributed by atoms with Gasteiger partial charge in [0.05, 0.1) is 0 Å². The number of rotatable bonds is 0. The van der Waals surface area contributed by atoms with Gasteiger partial charge in [0.2, 0.25) is 0 Å². The van der Waals surface area contributed by atoms with E-state index in [1.54, 1.807) is 0 Å². The molecule has 0 aliphatic heterocycles. The summed E-state index contributed by atoms with van der Waals surface area (Å²) in [4.78, 5) is 0. The van der Waals surface area contributed by atoms with Crippen LogP contribution in [0.15, 0.2) is 60.7 Å². The van der Waals surface area contributed by atoms with Crippen molar-refractivity contribution < 1.29 is 4.70 Å². The van der Waals surface area contributed by atoms with Gasteiger partial charge in [-0.05, 0) is 32.3 Å². The molecule has 4 aromatic rings. The van der Waals surface area contributed by atoms with Gasteiger partial charge in [-0.25, -0.2) is 0 Å². The fraction of sp³-hybridized carbons (Fsp3) is 0. The third-order valence-electron chi connectivity index (χ3n) is 3.39. The van der Waals surface area contributed by atoms with E-state index in [4.69, 9.17) is 0 Å². The van der Waals surface area contributed by atoms with Crippen LogP contribution >= 0.6 is 0 Å². The lowest BCUT2D eigenvalue weighted by Crippen LogP contribution is -1.82. The van der Waals surface area contributed by atoms with Gasteiger partial charge in [0.15, 0.2) is 0 Å². The van der Waals surface area contributed by atoms with Crippen LogP contribution in [0.5, 0.6) is 0 Å². The Hall–Kier alpha value is -2.15. The van der Waals surface area contributed by atoms with Crippen LogP contribution in [0.25, 0.3) is 32.3 Å². The fourth-order valence-electron chi connectivity index (χ4n) is 2.67. The maximum Gasteiger partial charge on any atom is -0.00268 e. The summed E-state index contributed by atoms with van der Waals surface area (Å²) in [6.07, 6.45) is 0. The summed E-state index contributed by atoms with van der Waals surface area (Å²) in [7, 11) is 0. The molecule has 4 rings (SSSR count). The van der Waals surface area contributed by atoms with Crippen molar-refractivity contribution in [3.8, 4) is 0 Å². The van der Waals surface area contributed by atoms with E-state index in [9.17, 15) is 0 Å². The van der Waals surface area contributed by atoms with Gasteiger partial charge in [0.25, 0.3) is 0 Å². The first-order valence-corrected chi connectivity index (χ1v) is 5.56. The van der Waals surface area contributed by atoms with E-state index >= 15 is 0 Å². The average Bonchev–Trinajstić information content (AvgIpc) is 2.36. The van der Waals surface area contributed by atoms with Crippen LogP contribution in [-0.2, 0) is 0 Å². The zero-order chi connectivity index (χ0) is 10.5. The summed E-state index contributed by atoms with van der Waals surface area (Å²) in [6.45, 7) is 0. The van der Waals surface area contributed by atoms with Crippen LogP contribution in [-0.4, -0.2) is 0 Å². The van der Waals surface area contributed by atoms with Gasteiger partial charge in [-0.3, -0.25) is 4.70 Å². The molecule has 0 radical (unpaired) electrons. The molecule has 0 bridgehead atoms. The van der Waals surface area contributed by atoms with Crippen molar-refractivity contribution in [1.29, 1.82) is 0 Å². The average molecular weight is 222 g/mol. The predicted molar refractivity (Wildman–Crippen MR) is 72.6 cm³/mol. The Bertz CT molecular complexity index is 672. The third-order valence-corrected chi connectivity index (χ3v) is 3.39. The maximum absolute atomic E-state index is 2.21. The summed E-state index contributed by atoms with van der Waals surface area (Å²) < 4.78 is 0. The van der Waals surface area contributed by atoms with Gasteiger partial charge in [-0.15, -0.1) is 0 Å². The molecule has 0 aliphatic carbocycles. The summed E-state index contributed by atoms with van der Waals surface area (Å²) in [5, 5.41) is 8.14. The van der Waals surface area contributed by atoms with Gasteiger partial charge < -0.3 is 0 Å². The molecule has 0 N–H and O–H groups in total. The summed E-state index contributed by atoms with van der Waals surface area (Å²) >= 11 is 0. The molecule has 1 heteroatoms. The van der Waals surface area contributed by atoms with Crippen molar-refractivity contribution in [2.45, 2.75) is 0 Å². The van der Waals surface area contributed by atoms with Crippen LogP contribution in [0.1, 0.15) is 0 Å². The Morgan fingerprint density at radius 3 is 1.00 bits per heavy atom. The predicted octanol–water partition coefficient (Wildman–Crippen LogP) is 4.74. The monoisotopic (exact) mass is 222 g/mol. The molecule has 0 saturated heterocycles. The Morgan fingerprint density at radius 2 is 0.706 bits per heavy atom. The molecule has 0 nitrogen and oxygen atoms in total. The highest BCUT2D eigenvalue weighted by molar-refractivity contribution is 6.22. The van der Waals surface area contributed by atoms with E-state index in [0.717, 1.165) is 0 Å². The van der Waals surface area contributed by atoms with Crippen molar-refractivity contribution in [3.05, 3.63) is 60.7 Å². The van der Waals surface area contributed by atoms with Crippen LogP contribution in [0.3, 0.4) is 0 Å². The minimum atomic E-state index is 0. The molecule has 0 unspecified atom stereocenters. The minimum Gasteiger partial charge on any atom is -0.269 e. The molecule has 82 valence electrons. The summed E-state index contributed by atoms with van der Waals surface area (Å²) in [5.41, 5.74) is 0. The zero-order valence-corrected chi connectivity index (χ0v) is 9.18. The van der Waals surface area contributed by atoms with Crippen LogP contribution < -0.4 is 0 Å². The lowest BCUT2D eigenvalue weighted by atomic mass is 9.95. The normalized spacial score (nSPS) is 11.1. The molecule has 0 aliphatic rings. The highest BCUT2D eigenvalue weighted by Crippen LogP contribution is 2.33. The molecule has 0 aromatic heterocycles. The third kappa shape index (κ3) is 1.22. The molecule has 0 saturated carbocycles. The maximum atomic E-state index is 2.21. The quantitative estimate of drug-likeness (QED) is 0.377. The molecule has 0 spiro atoms. The van der Waals surface area contributed by atoms with Crippen molar-refractivity contribution in [2.75, 3.05) is 0 Å². The van der Waals surface area contributed by atoms with Gasteiger partial charge >= 0.3 is 0 Å². The van der Waals surface area contributed by atoms with Crippen molar-refractivity contribution in [3.63, 3.8) is 0 Å². The Kier molecular flexibility index (Phi) is 2.02. The van der Waals surface area contributed by atoms with E-state index in [-0.39, 0.29) is 4.70 Å². The first-order chi connectivity index (χ1) is 7.93. The van der Waals surface area contributed by atoms with Crippen LogP contribution in [0.2, 0.25) is 0 Å². The van der Waals surface area contributed by atoms with Gasteiger partial charge in [0, 0.05) is 0 Å². The second kappa shape index (κ2) is 3.42. The topological polar surface area (TPSA) is 0 Å². The van der Waals surface area contributed by atoms with Gasteiger partial charge in [-0.1, -0.05) is 60.7 Å². The van der Waals surface area contributed by atoms with E-state index < -0.39 is 0 Å². The number of halogens is 1. The number of hydrogen-bond donors (Lipinski definition) is 0. The van der Waals surface area contributed by atoms with Crippen molar-refractivity contribution in [2.24, 2.45) is 0 Å².